The molecule has 0 amide bonds. The van der Waals surface area contributed by atoms with Gasteiger partial charge in [-0.1, -0.05) is 24.3 Å². The Morgan fingerprint density at radius 1 is 1.19 bits per heavy atom. The van der Waals surface area contributed by atoms with E-state index in [1.165, 1.54) is 5.56 Å². The van der Waals surface area contributed by atoms with Crippen LogP contribution in [0.4, 0.5) is 0 Å². The molecule has 0 radical (unpaired) electrons. The predicted octanol–water partition coefficient (Wildman–Crippen LogP) is 4.45. The fraction of sp³-hybridized carbons (Fsp3) is 0.318. The zero-order valence-corrected chi connectivity index (χ0v) is 15.2. The molecule has 1 atom stereocenters. The summed E-state index contributed by atoms with van der Waals surface area (Å²) in [5.74, 6) is 0.885. The molecule has 0 spiro atoms. The fourth-order valence-electron chi connectivity index (χ4n) is 3.93. The number of likely N-dealkylation sites (tertiary alicyclic amines) is 1. The first kappa shape index (κ1) is 16.9. The molecule has 26 heavy (non-hydrogen) atoms. The third kappa shape index (κ3) is 3.25. The Kier molecular flexibility index (Phi) is 4.51. The lowest BCUT2D eigenvalue weighted by atomic mass is 10.0. The van der Waals surface area contributed by atoms with E-state index in [0.29, 0.717) is 11.6 Å². The van der Waals surface area contributed by atoms with Gasteiger partial charge in [0.15, 0.2) is 0 Å². The molecule has 1 saturated heterocycles. The van der Waals surface area contributed by atoms with Gasteiger partial charge in [-0.2, -0.15) is 0 Å². The Morgan fingerprint density at radius 2 is 2.08 bits per heavy atom. The Morgan fingerprint density at radius 3 is 2.92 bits per heavy atom. The third-order valence-electron chi connectivity index (χ3n) is 5.20. The van der Waals surface area contributed by atoms with Gasteiger partial charge in [0.05, 0.1) is 7.11 Å². The zero-order chi connectivity index (χ0) is 18.1. The van der Waals surface area contributed by atoms with E-state index >= 15 is 0 Å². The number of hydrogen-bond acceptors (Lipinski definition) is 4. The van der Waals surface area contributed by atoms with Crippen molar-refractivity contribution in [2.75, 3.05) is 13.7 Å². The van der Waals surface area contributed by atoms with Crippen LogP contribution in [0.15, 0.2) is 57.7 Å². The van der Waals surface area contributed by atoms with E-state index in [1.54, 1.807) is 13.2 Å². The molecule has 134 valence electrons. The van der Waals surface area contributed by atoms with Crippen molar-refractivity contribution in [3.05, 3.63) is 75.6 Å². The lowest BCUT2D eigenvalue weighted by Crippen LogP contribution is -2.23. The number of benzene rings is 2. The van der Waals surface area contributed by atoms with E-state index in [-0.39, 0.29) is 5.63 Å². The summed E-state index contributed by atoms with van der Waals surface area (Å²) in [7, 11) is 1.70. The molecule has 1 aromatic heterocycles. The van der Waals surface area contributed by atoms with Crippen LogP contribution in [0.1, 0.15) is 35.6 Å². The minimum atomic E-state index is -0.282. The van der Waals surface area contributed by atoms with Gasteiger partial charge in [0.2, 0.25) is 0 Å². The first-order valence-corrected chi connectivity index (χ1v) is 9.05. The summed E-state index contributed by atoms with van der Waals surface area (Å²) in [5, 5.41) is 1.02. The van der Waals surface area contributed by atoms with Crippen molar-refractivity contribution >= 4 is 11.0 Å². The molecular weight excluding hydrogens is 326 g/mol. The summed E-state index contributed by atoms with van der Waals surface area (Å²) in [4.78, 5) is 14.5. The van der Waals surface area contributed by atoms with Crippen LogP contribution in [0.3, 0.4) is 0 Å². The molecule has 4 rings (SSSR count). The molecule has 3 aromatic rings. The number of hydrogen-bond donors (Lipinski definition) is 0. The smallest absolute Gasteiger partial charge is 0.336 e. The summed E-state index contributed by atoms with van der Waals surface area (Å²) in [6.07, 6.45) is 2.27. The molecular formula is C22H23NO3. The molecule has 2 heterocycles. The molecule has 0 bridgehead atoms. The maximum Gasteiger partial charge on any atom is 0.336 e. The van der Waals surface area contributed by atoms with Gasteiger partial charge in [-0.3, -0.25) is 4.90 Å². The lowest BCUT2D eigenvalue weighted by Gasteiger charge is -2.25. The number of rotatable bonds is 4. The number of ether oxygens (including phenoxy) is 1. The van der Waals surface area contributed by atoms with Gasteiger partial charge in [0.25, 0.3) is 0 Å². The zero-order valence-electron chi connectivity index (χ0n) is 15.2. The quantitative estimate of drug-likeness (QED) is 0.653. The van der Waals surface area contributed by atoms with Crippen LogP contribution in [0.25, 0.3) is 11.0 Å². The monoisotopic (exact) mass is 349 g/mol. The number of nitrogens with zero attached hydrogens (tertiary/aromatic N) is 1. The molecule has 2 aromatic carbocycles. The Hall–Kier alpha value is -2.59. The molecule has 0 saturated carbocycles. The Bertz CT molecular complexity index is 992. The van der Waals surface area contributed by atoms with E-state index < -0.39 is 0 Å². The highest BCUT2D eigenvalue weighted by atomic mass is 16.5. The van der Waals surface area contributed by atoms with E-state index in [4.69, 9.17) is 9.15 Å². The number of aryl methyl sites for hydroxylation is 1. The first-order chi connectivity index (χ1) is 12.6. The second-order valence-electron chi connectivity index (χ2n) is 7.00. The summed E-state index contributed by atoms with van der Waals surface area (Å²) in [6, 6.07) is 16.3. The van der Waals surface area contributed by atoms with Gasteiger partial charge in [-0.25, -0.2) is 4.79 Å². The molecule has 1 aliphatic rings. The van der Waals surface area contributed by atoms with Crippen LogP contribution in [0.5, 0.6) is 5.75 Å². The summed E-state index contributed by atoms with van der Waals surface area (Å²) in [5.41, 5.74) is 3.78. The van der Waals surface area contributed by atoms with Crippen LogP contribution >= 0.6 is 0 Å². The van der Waals surface area contributed by atoms with Crippen molar-refractivity contribution in [2.45, 2.75) is 32.4 Å². The SMILES string of the molecule is COc1cccc(C2CCCN2Cc2cc(=O)oc3cc(C)ccc23)c1. The second kappa shape index (κ2) is 6.96. The fourth-order valence-corrected chi connectivity index (χ4v) is 3.93. The van der Waals surface area contributed by atoms with Crippen LogP contribution in [0.2, 0.25) is 0 Å². The topological polar surface area (TPSA) is 42.7 Å². The van der Waals surface area contributed by atoms with Gasteiger partial charge in [-0.05, 0) is 61.2 Å². The standard InChI is InChI=1S/C22H23NO3/c1-15-8-9-19-17(13-22(24)26-21(19)11-15)14-23-10-4-7-20(23)16-5-3-6-18(12-16)25-2/h3,5-6,8-9,11-13,20H,4,7,10,14H2,1-2H3. The van der Waals surface area contributed by atoms with Crippen LogP contribution in [0, 0.1) is 6.92 Å². The summed E-state index contributed by atoms with van der Waals surface area (Å²) in [6.45, 7) is 3.77. The Labute approximate surface area is 153 Å². The van der Waals surface area contributed by atoms with Crippen molar-refractivity contribution in [1.29, 1.82) is 0 Å². The van der Waals surface area contributed by atoms with Gasteiger partial charge in [0.1, 0.15) is 11.3 Å². The summed E-state index contributed by atoms with van der Waals surface area (Å²) >= 11 is 0. The van der Waals surface area contributed by atoms with Gasteiger partial charge in [0, 0.05) is 24.0 Å². The highest BCUT2D eigenvalue weighted by Crippen LogP contribution is 2.35. The minimum Gasteiger partial charge on any atom is -0.497 e. The van der Waals surface area contributed by atoms with Crippen LogP contribution < -0.4 is 10.4 Å². The third-order valence-corrected chi connectivity index (χ3v) is 5.20. The molecule has 4 nitrogen and oxygen atoms in total. The largest absolute Gasteiger partial charge is 0.497 e. The molecule has 0 aliphatic carbocycles. The second-order valence-corrected chi connectivity index (χ2v) is 7.00. The number of methoxy groups -OCH3 is 1. The maximum atomic E-state index is 12.0. The van der Waals surface area contributed by atoms with E-state index in [2.05, 4.69) is 29.2 Å². The highest BCUT2D eigenvalue weighted by molar-refractivity contribution is 5.80. The van der Waals surface area contributed by atoms with Crippen LogP contribution in [-0.2, 0) is 6.54 Å². The van der Waals surface area contributed by atoms with Crippen molar-refractivity contribution in [3.63, 3.8) is 0 Å². The number of fused-ring (bicyclic) bond motifs is 1. The Balaban J connectivity index is 1.68. The normalized spacial score (nSPS) is 17.7. The first-order valence-electron chi connectivity index (χ1n) is 9.05. The minimum absolute atomic E-state index is 0.282. The maximum absolute atomic E-state index is 12.0. The average molecular weight is 349 g/mol. The predicted molar refractivity (Wildman–Crippen MR) is 103 cm³/mol. The van der Waals surface area contributed by atoms with Crippen molar-refractivity contribution in [1.82, 2.24) is 4.90 Å². The average Bonchev–Trinajstić information content (AvgIpc) is 3.09. The van der Waals surface area contributed by atoms with Gasteiger partial charge >= 0.3 is 5.63 Å². The van der Waals surface area contributed by atoms with Gasteiger partial charge < -0.3 is 9.15 Å². The molecule has 4 heteroatoms. The van der Waals surface area contributed by atoms with E-state index in [1.807, 2.05) is 25.1 Å². The van der Waals surface area contributed by atoms with Crippen LogP contribution in [-0.4, -0.2) is 18.6 Å². The van der Waals surface area contributed by atoms with Crippen molar-refractivity contribution in [2.24, 2.45) is 0 Å². The van der Waals surface area contributed by atoms with Crippen molar-refractivity contribution < 1.29 is 9.15 Å². The molecule has 1 unspecified atom stereocenters. The lowest BCUT2D eigenvalue weighted by molar-refractivity contribution is 0.248. The van der Waals surface area contributed by atoms with E-state index in [0.717, 1.165) is 48.2 Å². The highest BCUT2D eigenvalue weighted by Gasteiger charge is 2.27. The molecule has 1 fully saturated rings. The molecule has 0 N–H and O–H groups in total. The van der Waals surface area contributed by atoms with Crippen molar-refractivity contribution in [3.8, 4) is 5.75 Å². The molecule has 1 aliphatic heterocycles. The van der Waals surface area contributed by atoms with E-state index in [9.17, 15) is 4.79 Å². The summed E-state index contributed by atoms with van der Waals surface area (Å²) < 4.78 is 10.8. The van der Waals surface area contributed by atoms with Gasteiger partial charge in [-0.15, -0.1) is 0 Å².